The van der Waals surface area contributed by atoms with Gasteiger partial charge in [0.2, 0.25) is 5.16 Å². The van der Waals surface area contributed by atoms with Gasteiger partial charge >= 0.3 is 0 Å². The third-order valence-electron chi connectivity index (χ3n) is 2.85. The van der Waals surface area contributed by atoms with Crippen molar-refractivity contribution in [1.29, 1.82) is 0 Å². The maximum Gasteiger partial charge on any atom is 0.272 e. The van der Waals surface area contributed by atoms with Crippen LogP contribution >= 0.6 is 11.8 Å². The molecular weight excluding hydrogens is 294 g/mol. The third kappa shape index (κ3) is 3.02. The molecule has 0 fully saturated rings. The van der Waals surface area contributed by atoms with Gasteiger partial charge in [-0.1, -0.05) is 11.8 Å². The van der Waals surface area contributed by atoms with Crippen LogP contribution in [0.4, 0.5) is 5.69 Å². The molecule has 8 nitrogen and oxygen atoms in total. The number of nitrogens with one attached hydrogen (secondary N) is 1. The highest BCUT2D eigenvalue weighted by molar-refractivity contribution is 7.98. The average Bonchev–Trinajstić information content (AvgIpc) is 2.79. The van der Waals surface area contributed by atoms with Gasteiger partial charge in [0.1, 0.15) is 5.82 Å². The van der Waals surface area contributed by atoms with Crippen molar-refractivity contribution in [3.05, 3.63) is 45.3 Å². The lowest BCUT2D eigenvalue weighted by Crippen LogP contribution is -2.24. The van der Waals surface area contributed by atoms with E-state index in [0.717, 1.165) is 0 Å². The van der Waals surface area contributed by atoms with Crippen LogP contribution in [0.15, 0.2) is 23.4 Å². The van der Waals surface area contributed by atoms with E-state index in [4.69, 9.17) is 0 Å². The van der Waals surface area contributed by atoms with Crippen LogP contribution in [0, 0.1) is 24.0 Å². The zero-order chi connectivity index (χ0) is 15.6. The summed E-state index contributed by atoms with van der Waals surface area (Å²) < 4.78 is 1.48. The van der Waals surface area contributed by atoms with Gasteiger partial charge in [-0.25, -0.2) is 4.68 Å². The lowest BCUT2D eigenvalue weighted by atomic mass is 10.1. The molecule has 1 heterocycles. The molecule has 0 aliphatic rings. The van der Waals surface area contributed by atoms with Crippen molar-refractivity contribution in [3.63, 3.8) is 0 Å². The minimum atomic E-state index is -0.479. The zero-order valence-electron chi connectivity index (χ0n) is 11.7. The maximum atomic E-state index is 12.2. The summed E-state index contributed by atoms with van der Waals surface area (Å²) in [6.45, 7) is 3.31. The number of hydrogen-bond acceptors (Lipinski definition) is 6. The van der Waals surface area contributed by atoms with Crippen molar-refractivity contribution in [3.8, 4) is 0 Å². The van der Waals surface area contributed by atoms with E-state index in [2.05, 4.69) is 15.6 Å². The molecule has 2 rings (SSSR count). The number of benzene rings is 1. The van der Waals surface area contributed by atoms with Crippen LogP contribution in [0.5, 0.6) is 0 Å². The predicted octanol–water partition coefficient (Wildman–Crippen LogP) is 1.91. The highest BCUT2D eigenvalue weighted by Crippen LogP contribution is 2.19. The number of nitrogens with zero attached hydrogens (tertiary/aromatic N) is 4. The number of aryl methyl sites for hydroxylation is 2. The molecular formula is C12H13N5O3S. The smallest absolute Gasteiger partial charge is 0.267 e. The topological polar surface area (TPSA) is 103 Å². The highest BCUT2D eigenvalue weighted by atomic mass is 32.2. The van der Waals surface area contributed by atoms with Gasteiger partial charge in [0.15, 0.2) is 0 Å². The molecule has 2 aromatic rings. The molecule has 1 N–H and O–H groups in total. The minimum absolute atomic E-state index is 0.0168. The SMILES string of the molecule is CSc1nnc(C)n1NC(=O)c1ccc([N+](=O)[O-])c(C)c1. The second kappa shape index (κ2) is 5.92. The lowest BCUT2D eigenvalue weighted by Gasteiger charge is -2.09. The first-order valence-corrected chi connectivity index (χ1v) is 7.19. The summed E-state index contributed by atoms with van der Waals surface area (Å²) in [7, 11) is 0. The number of nitro benzene ring substituents is 1. The second-order valence-corrected chi connectivity index (χ2v) is 5.04. The van der Waals surface area contributed by atoms with Crippen LogP contribution < -0.4 is 5.43 Å². The fourth-order valence-corrected chi connectivity index (χ4v) is 2.25. The number of rotatable bonds is 4. The summed E-state index contributed by atoms with van der Waals surface area (Å²) in [5.41, 5.74) is 3.41. The number of nitro groups is 1. The Morgan fingerprint density at radius 3 is 2.67 bits per heavy atom. The first-order valence-electron chi connectivity index (χ1n) is 5.96. The van der Waals surface area contributed by atoms with Crippen molar-refractivity contribution >= 4 is 23.4 Å². The molecule has 1 aromatic carbocycles. The van der Waals surface area contributed by atoms with E-state index >= 15 is 0 Å². The molecule has 0 spiro atoms. The van der Waals surface area contributed by atoms with E-state index in [0.29, 0.717) is 22.1 Å². The van der Waals surface area contributed by atoms with Gasteiger partial charge in [0.25, 0.3) is 11.6 Å². The minimum Gasteiger partial charge on any atom is -0.267 e. The normalized spacial score (nSPS) is 10.4. The summed E-state index contributed by atoms with van der Waals surface area (Å²) in [5, 5.41) is 19.1. The Bertz CT molecular complexity index is 713. The first kappa shape index (κ1) is 15.0. The Balaban J connectivity index is 2.27. The molecule has 0 saturated heterocycles. The number of aromatic nitrogens is 3. The molecule has 0 atom stereocenters. The summed E-state index contributed by atoms with van der Waals surface area (Å²) in [6, 6.07) is 4.21. The Labute approximate surface area is 124 Å². The van der Waals surface area contributed by atoms with Gasteiger partial charge in [-0.2, -0.15) is 0 Å². The van der Waals surface area contributed by atoms with E-state index in [1.165, 1.54) is 34.6 Å². The lowest BCUT2D eigenvalue weighted by molar-refractivity contribution is -0.385. The largest absolute Gasteiger partial charge is 0.272 e. The molecule has 1 aromatic heterocycles. The summed E-state index contributed by atoms with van der Waals surface area (Å²) in [6.07, 6.45) is 1.82. The first-order chi connectivity index (χ1) is 9.93. The molecule has 21 heavy (non-hydrogen) atoms. The number of carbonyl (C=O) groups is 1. The summed E-state index contributed by atoms with van der Waals surface area (Å²) >= 11 is 1.35. The zero-order valence-corrected chi connectivity index (χ0v) is 12.5. The maximum absolute atomic E-state index is 12.2. The van der Waals surface area contributed by atoms with Crippen molar-refractivity contribution in [2.24, 2.45) is 0 Å². The Hall–Kier alpha value is -2.42. The molecule has 0 aliphatic carbocycles. The molecule has 0 radical (unpaired) electrons. The monoisotopic (exact) mass is 307 g/mol. The second-order valence-electron chi connectivity index (χ2n) is 4.27. The van der Waals surface area contributed by atoms with Gasteiger partial charge in [0, 0.05) is 17.2 Å². The fourth-order valence-electron chi connectivity index (χ4n) is 1.77. The number of carbonyl (C=O) groups excluding carboxylic acids is 1. The van der Waals surface area contributed by atoms with Crippen LogP contribution in [-0.4, -0.2) is 32.0 Å². The molecule has 0 saturated carbocycles. The molecule has 0 bridgehead atoms. The van der Waals surface area contributed by atoms with Gasteiger partial charge < -0.3 is 0 Å². The van der Waals surface area contributed by atoms with Crippen LogP contribution in [-0.2, 0) is 0 Å². The molecule has 1 amide bonds. The van der Waals surface area contributed by atoms with E-state index in [-0.39, 0.29) is 11.6 Å². The fraction of sp³-hybridized carbons (Fsp3) is 0.250. The number of thioether (sulfide) groups is 1. The molecule has 110 valence electrons. The summed E-state index contributed by atoms with van der Waals surface area (Å²) in [4.78, 5) is 22.5. The van der Waals surface area contributed by atoms with Crippen LogP contribution in [0.25, 0.3) is 0 Å². The standard InChI is InChI=1S/C12H13N5O3S/c1-7-6-9(4-5-10(7)17(19)20)11(18)15-16-8(2)13-14-12(16)21-3/h4-6H,1-3H3,(H,15,18). The molecule has 0 unspecified atom stereocenters. The molecule has 9 heteroatoms. The van der Waals surface area contributed by atoms with Gasteiger partial charge in [-0.15, -0.1) is 10.2 Å². The predicted molar refractivity (Wildman–Crippen MR) is 78.1 cm³/mol. The van der Waals surface area contributed by atoms with Gasteiger partial charge in [0.05, 0.1) is 4.92 Å². The van der Waals surface area contributed by atoms with Crippen LogP contribution in [0.1, 0.15) is 21.7 Å². The van der Waals surface area contributed by atoms with Crippen LogP contribution in [0.3, 0.4) is 0 Å². The van der Waals surface area contributed by atoms with Crippen molar-refractivity contribution in [2.75, 3.05) is 11.7 Å². The Kier molecular flexibility index (Phi) is 4.22. The quantitative estimate of drug-likeness (QED) is 0.526. The Morgan fingerprint density at radius 2 is 2.10 bits per heavy atom. The van der Waals surface area contributed by atoms with E-state index in [1.807, 2.05) is 6.26 Å². The van der Waals surface area contributed by atoms with Gasteiger partial charge in [-0.05, 0) is 32.2 Å². The molecule has 0 aliphatic heterocycles. The average molecular weight is 307 g/mol. The number of hydrogen-bond donors (Lipinski definition) is 1. The van der Waals surface area contributed by atoms with E-state index in [1.54, 1.807) is 13.8 Å². The van der Waals surface area contributed by atoms with E-state index in [9.17, 15) is 14.9 Å². The van der Waals surface area contributed by atoms with Crippen molar-refractivity contribution in [2.45, 2.75) is 19.0 Å². The van der Waals surface area contributed by atoms with Crippen molar-refractivity contribution in [1.82, 2.24) is 14.9 Å². The van der Waals surface area contributed by atoms with Crippen molar-refractivity contribution < 1.29 is 9.72 Å². The van der Waals surface area contributed by atoms with E-state index < -0.39 is 4.92 Å². The summed E-state index contributed by atoms with van der Waals surface area (Å²) in [5.74, 6) is 0.164. The van der Waals surface area contributed by atoms with Crippen LogP contribution in [0.2, 0.25) is 0 Å². The highest BCUT2D eigenvalue weighted by Gasteiger charge is 2.16. The number of amides is 1. The third-order valence-corrected chi connectivity index (χ3v) is 3.48. The van der Waals surface area contributed by atoms with Gasteiger partial charge in [-0.3, -0.25) is 20.3 Å². The Morgan fingerprint density at radius 1 is 1.38 bits per heavy atom.